The van der Waals surface area contributed by atoms with Gasteiger partial charge in [0.1, 0.15) is 5.56 Å². The lowest BCUT2D eigenvalue weighted by Crippen LogP contribution is -2.19. The second kappa shape index (κ2) is 8.59. The predicted octanol–water partition coefficient (Wildman–Crippen LogP) is 5.76. The highest BCUT2D eigenvalue weighted by Gasteiger charge is 2.27. The Balaban J connectivity index is 1.81. The number of anilines is 1. The number of carbonyl (C=O) groups excluding carboxylic acids is 2. The van der Waals surface area contributed by atoms with Crippen molar-refractivity contribution in [2.75, 3.05) is 5.32 Å². The molecule has 6 nitrogen and oxygen atoms in total. The lowest BCUT2D eigenvalue weighted by atomic mass is 9.90. The van der Waals surface area contributed by atoms with E-state index in [4.69, 9.17) is 17.3 Å². The quantitative estimate of drug-likeness (QED) is 0.449. The molecule has 3 aromatic rings. The molecule has 1 aromatic heterocycles. The Morgan fingerprint density at radius 3 is 2.52 bits per heavy atom. The molecule has 4 N–H and O–H groups in total. The van der Waals surface area contributed by atoms with Gasteiger partial charge in [-0.2, -0.15) is 0 Å². The van der Waals surface area contributed by atoms with Gasteiger partial charge in [-0.3, -0.25) is 4.79 Å². The van der Waals surface area contributed by atoms with E-state index in [-0.39, 0.29) is 16.3 Å². The van der Waals surface area contributed by atoms with Gasteiger partial charge in [-0.25, -0.2) is 13.8 Å². The topological polar surface area (TPSA) is 97.3 Å². The minimum Gasteiger partial charge on any atom is -0.494 e. The molecule has 0 aliphatic heterocycles. The van der Waals surface area contributed by atoms with E-state index in [0.29, 0.717) is 16.8 Å². The SMILES string of the molecule is NC(=O)n1c(O)c(C(=O)Nc2cccc(Cl)c2F)c2cc(C3CCCCCC3)ccc21. The summed E-state index contributed by atoms with van der Waals surface area (Å²) in [5.74, 6) is -1.79. The molecule has 1 aliphatic carbocycles. The molecule has 8 heteroatoms. The van der Waals surface area contributed by atoms with Crippen LogP contribution in [0.5, 0.6) is 5.88 Å². The maximum Gasteiger partial charge on any atom is 0.326 e. The Kier molecular flexibility index (Phi) is 5.87. The van der Waals surface area contributed by atoms with E-state index < -0.39 is 23.6 Å². The fourth-order valence-electron chi connectivity index (χ4n) is 4.39. The number of hydrogen-bond acceptors (Lipinski definition) is 3. The van der Waals surface area contributed by atoms with Crippen molar-refractivity contribution in [3.63, 3.8) is 0 Å². The number of aromatic hydroxyl groups is 1. The van der Waals surface area contributed by atoms with E-state index in [2.05, 4.69) is 5.32 Å². The number of nitrogens with two attached hydrogens (primary N) is 1. The summed E-state index contributed by atoms with van der Waals surface area (Å²) >= 11 is 5.79. The standard InChI is InChI=1S/C23H23ClFN3O3/c24-16-8-5-9-17(20(16)25)27-21(29)19-15-12-14(13-6-3-1-2-4-7-13)10-11-18(15)28(22(19)30)23(26)31/h5,8-13,30H,1-4,6-7H2,(H2,26,31)(H,27,29). The Bertz CT molecular complexity index is 1170. The molecule has 2 aromatic carbocycles. The highest BCUT2D eigenvalue weighted by molar-refractivity contribution is 6.31. The molecule has 2 amide bonds. The Labute approximate surface area is 183 Å². The number of fused-ring (bicyclic) bond motifs is 1. The van der Waals surface area contributed by atoms with Gasteiger partial charge in [-0.15, -0.1) is 0 Å². The fourth-order valence-corrected chi connectivity index (χ4v) is 4.57. The number of primary amides is 1. The summed E-state index contributed by atoms with van der Waals surface area (Å²) in [6.45, 7) is 0. The number of halogens is 2. The molecule has 1 aliphatic rings. The van der Waals surface area contributed by atoms with Crippen LogP contribution in [0.3, 0.4) is 0 Å². The second-order valence-corrected chi connectivity index (χ2v) is 8.30. The molecule has 0 radical (unpaired) electrons. The first-order chi connectivity index (χ1) is 14.9. The molecule has 0 atom stereocenters. The summed E-state index contributed by atoms with van der Waals surface area (Å²) < 4.78 is 15.2. The van der Waals surface area contributed by atoms with Gasteiger partial charge < -0.3 is 16.2 Å². The maximum atomic E-state index is 14.3. The fraction of sp³-hybridized carbons (Fsp3) is 0.304. The zero-order valence-corrected chi connectivity index (χ0v) is 17.6. The summed E-state index contributed by atoms with van der Waals surface area (Å²) in [4.78, 5) is 25.0. The zero-order chi connectivity index (χ0) is 22.1. The number of amides is 2. The van der Waals surface area contributed by atoms with Crippen LogP contribution in [0.4, 0.5) is 14.9 Å². The van der Waals surface area contributed by atoms with Crippen molar-refractivity contribution in [1.29, 1.82) is 0 Å². The third-order valence-corrected chi connectivity index (χ3v) is 6.23. The van der Waals surface area contributed by atoms with E-state index in [9.17, 15) is 19.1 Å². The molecule has 1 heterocycles. The van der Waals surface area contributed by atoms with Crippen molar-refractivity contribution in [2.24, 2.45) is 5.73 Å². The molecule has 4 rings (SSSR count). The smallest absolute Gasteiger partial charge is 0.326 e. The molecule has 0 bridgehead atoms. The molecule has 0 unspecified atom stereocenters. The van der Waals surface area contributed by atoms with Crippen LogP contribution in [0.25, 0.3) is 10.9 Å². The summed E-state index contributed by atoms with van der Waals surface area (Å²) in [5, 5.41) is 13.4. The van der Waals surface area contributed by atoms with Crippen molar-refractivity contribution in [3.8, 4) is 5.88 Å². The van der Waals surface area contributed by atoms with Gasteiger partial charge >= 0.3 is 6.03 Å². The van der Waals surface area contributed by atoms with Crippen molar-refractivity contribution >= 4 is 40.1 Å². The monoisotopic (exact) mass is 443 g/mol. The van der Waals surface area contributed by atoms with Crippen LogP contribution in [0.2, 0.25) is 5.02 Å². The van der Waals surface area contributed by atoms with Crippen molar-refractivity contribution < 1.29 is 19.1 Å². The van der Waals surface area contributed by atoms with Gasteiger partial charge in [-0.1, -0.05) is 49.4 Å². The predicted molar refractivity (Wildman–Crippen MR) is 118 cm³/mol. The molecular weight excluding hydrogens is 421 g/mol. The summed E-state index contributed by atoms with van der Waals surface area (Å²) in [6, 6.07) is 8.73. The van der Waals surface area contributed by atoms with Crippen molar-refractivity contribution in [3.05, 3.63) is 58.4 Å². The van der Waals surface area contributed by atoms with E-state index in [1.807, 2.05) is 12.1 Å². The first-order valence-electron chi connectivity index (χ1n) is 10.3. The minimum absolute atomic E-state index is 0.128. The molecule has 0 saturated heterocycles. The molecule has 1 fully saturated rings. The van der Waals surface area contributed by atoms with Gasteiger partial charge in [0.25, 0.3) is 5.91 Å². The van der Waals surface area contributed by atoms with E-state index >= 15 is 0 Å². The number of rotatable bonds is 3. The number of nitrogens with zero attached hydrogens (tertiary/aromatic N) is 1. The molecule has 1 saturated carbocycles. The molecular formula is C23H23ClFN3O3. The van der Waals surface area contributed by atoms with E-state index in [1.54, 1.807) is 6.07 Å². The van der Waals surface area contributed by atoms with Gasteiger partial charge in [0.2, 0.25) is 5.88 Å². The Hall–Kier alpha value is -3.06. The normalized spacial score (nSPS) is 15.0. The van der Waals surface area contributed by atoms with Crippen LogP contribution in [-0.4, -0.2) is 21.6 Å². The average Bonchev–Trinajstić information content (AvgIpc) is 2.87. The van der Waals surface area contributed by atoms with Gasteiger partial charge in [0, 0.05) is 5.39 Å². The van der Waals surface area contributed by atoms with Gasteiger partial charge in [-0.05, 0) is 48.6 Å². The second-order valence-electron chi connectivity index (χ2n) is 7.89. The number of aromatic nitrogens is 1. The Morgan fingerprint density at radius 1 is 1.13 bits per heavy atom. The van der Waals surface area contributed by atoms with Crippen LogP contribution in [0, 0.1) is 5.82 Å². The molecule has 31 heavy (non-hydrogen) atoms. The highest BCUT2D eigenvalue weighted by atomic mass is 35.5. The first kappa shape index (κ1) is 21.2. The number of hydrogen-bond donors (Lipinski definition) is 3. The van der Waals surface area contributed by atoms with Crippen LogP contribution in [-0.2, 0) is 0 Å². The highest BCUT2D eigenvalue weighted by Crippen LogP contribution is 2.37. The van der Waals surface area contributed by atoms with Crippen molar-refractivity contribution in [1.82, 2.24) is 4.57 Å². The van der Waals surface area contributed by atoms with E-state index in [0.717, 1.165) is 35.8 Å². The van der Waals surface area contributed by atoms with E-state index in [1.165, 1.54) is 31.0 Å². The minimum atomic E-state index is -0.919. The summed E-state index contributed by atoms with van der Waals surface area (Å²) in [7, 11) is 0. The first-order valence-corrected chi connectivity index (χ1v) is 10.7. The zero-order valence-electron chi connectivity index (χ0n) is 16.8. The largest absolute Gasteiger partial charge is 0.494 e. The van der Waals surface area contributed by atoms with Crippen LogP contribution < -0.4 is 11.1 Å². The third kappa shape index (κ3) is 3.97. The number of carbonyl (C=O) groups is 2. The maximum absolute atomic E-state index is 14.3. The summed E-state index contributed by atoms with van der Waals surface area (Å²) in [5.41, 5.74) is 6.54. The lowest BCUT2D eigenvalue weighted by molar-refractivity contribution is 0.102. The van der Waals surface area contributed by atoms with Crippen LogP contribution in [0.1, 0.15) is 60.4 Å². The number of benzene rings is 2. The third-order valence-electron chi connectivity index (χ3n) is 5.94. The van der Waals surface area contributed by atoms with Crippen LogP contribution in [0.15, 0.2) is 36.4 Å². The van der Waals surface area contributed by atoms with Gasteiger partial charge in [0.15, 0.2) is 5.82 Å². The number of nitrogens with one attached hydrogen (secondary N) is 1. The Morgan fingerprint density at radius 2 is 1.84 bits per heavy atom. The molecule has 0 spiro atoms. The lowest BCUT2D eigenvalue weighted by Gasteiger charge is -2.15. The van der Waals surface area contributed by atoms with Crippen LogP contribution >= 0.6 is 11.6 Å². The average molecular weight is 444 g/mol. The summed E-state index contributed by atoms with van der Waals surface area (Å²) in [6.07, 6.45) is 6.77. The molecule has 162 valence electrons. The van der Waals surface area contributed by atoms with Crippen molar-refractivity contribution in [2.45, 2.75) is 44.4 Å². The van der Waals surface area contributed by atoms with Gasteiger partial charge in [0.05, 0.1) is 16.2 Å².